The molecule has 0 unspecified atom stereocenters. The van der Waals surface area contributed by atoms with Gasteiger partial charge in [-0.25, -0.2) is 0 Å². The van der Waals surface area contributed by atoms with Crippen molar-refractivity contribution in [3.63, 3.8) is 0 Å². The SMILES string of the molecule is CC(=O)CCCCCCCCC=O. The molecule has 0 aliphatic rings. The summed E-state index contributed by atoms with van der Waals surface area (Å²) >= 11 is 0. The lowest BCUT2D eigenvalue weighted by Gasteiger charge is -1.98. The first-order chi connectivity index (χ1) is 6.27. The van der Waals surface area contributed by atoms with Crippen LogP contribution >= 0.6 is 0 Å². The van der Waals surface area contributed by atoms with Crippen LogP contribution in [0.3, 0.4) is 0 Å². The number of hydrogen-bond acceptors (Lipinski definition) is 2. The molecule has 0 heterocycles. The van der Waals surface area contributed by atoms with Crippen molar-refractivity contribution in [2.75, 3.05) is 0 Å². The summed E-state index contributed by atoms with van der Waals surface area (Å²) in [5.74, 6) is 0.293. The summed E-state index contributed by atoms with van der Waals surface area (Å²) in [6, 6.07) is 0. The Morgan fingerprint density at radius 2 is 1.54 bits per heavy atom. The lowest BCUT2D eigenvalue weighted by Crippen LogP contribution is -1.89. The first-order valence-corrected chi connectivity index (χ1v) is 5.20. The second kappa shape index (κ2) is 9.43. The third-order valence-corrected chi connectivity index (χ3v) is 2.10. The van der Waals surface area contributed by atoms with Crippen molar-refractivity contribution >= 4 is 12.1 Å². The molecule has 0 aliphatic carbocycles. The Hall–Kier alpha value is -0.660. The monoisotopic (exact) mass is 184 g/mol. The Morgan fingerprint density at radius 1 is 1.00 bits per heavy atom. The Bertz CT molecular complexity index is 141. The third-order valence-electron chi connectivity index (χ3n) is 2.10. The number of carbonyl (C=O) groups excluding carboxylic acids is 2. The van der Waals surface area contributed by atoms with Gasteiger partial charge in [0.05, 0.1) is 0 Å². The van der Waals surface area contributed by atoms with Crippen molar-refractivity contribution in [3.05, 3.63) is 0 Å². The topological polar surface area (TPSA) is 34.1 Å². The first kappa shape index (κ1) is 12.3. The molecule has 76 valence electrons. The van der Waals surface area contributed by atoms with Gasteiger partial charge in [-0.2, -0.15) is 0 Å². The fourth-order valence-corrected chi connectivity index (χ4v) is 1.31. The van der Waals surface area contributed by atoms with Crippen LogP contribution in [0.1, 0.15) is 58.3 Å². The van der Waals surface area contributed by atoms with E-state index in [1.165, 1.54) is 12.8 Å². The molecule has 0 N–H and O–H groups in total. The Labute approximate surface area is 80.7 Å². The summed E-state index contributed by atoms with van der Waals surface area (Å²) < 4.78 is 0. The zero-order chi connectivity index (χ0) is 9.94. The van der Waals surface area contributed by atoms with E-state index in [-0.39, 0.29) is 0 Å². The molecule has 0 rings (SSSR count). The Kier molecular flexibility index (Phi) is 8.95. The molecule has 0 bridgehead atoms. The van der Waals surface area contributed by atoms with Crippen LogP contribution in [-0.4, -0.2) is 12.1 Å². The number of hydrogen-bond donors (Lipinski definition) is 0. The summed E-state index contributed by atoms with van der Waals surface area (Å²) in [4.78, 5) is 20.6. The molecule has 0 aliphatic heterocycles. The van der Waals surface area contributed by atoms with Gasteiger partial charge in [-0.1, -0.05) is 25.7 Å². The Morgan fingerprint density at radius 3 is 2.08 bits per heavy atom. The molecule has 0 atom stereocenters. The zero-order valence-corrected chi connectivity index (χ0v) is 8.55. The minimum atomic E-state index is 0.293. The van der Waals surface area contributed by atoms with E-state index in [4.69, 9.17) is 0 Å². The number of carbonyl (C=O) groups is 2. The summed E-state index contributed by atoms with van der Waals surface area (Å²) in [5.41, 5.74) is 0. The van der Waals surface area contributed by atoms with Crippen LogP contribution in [0, 0.1) is 0 Å². The lowest BCUT2D eigenvalue weighted by atomic mass is 10.1. The van der Waals surface area contributed by atoms with Crippen LogP contribution in [0.25, 0.3) is 0 Å². The van der Waals surface area contributed by atoms with Gasteiger partial charge in [0.1, 0.15) is 12.1 Å². The molecule has 0 aromatic heterocycles. The number of rotatable bonds is 9. The maximum Gasteiger partial charge on any atom is 0.129 e. The fraction of sp³-hybridized carbons (Fsp3) is 0.818. The summed E-state index contributed by atoms with van der Waals surface area (Å²) in [6.45, 7) is 1.64. The summed E-state index contributed by atoms with van der Waals surface area (Å²) in [7, 11) is 0. The van der Waals surface area contributed by atoms with Gasteiger partial charge in [-0.05, 0) is 19.8 Å². The molecule has 0 amide bonds. The summed E-state index contributed by atoms with van der Waals surface area (Å²) in [5, 5.41) is 0. The standard InChI is InChI=1S/C11H20O2/c1-11(13)9-7-5-3-2-4-6-8-10-12/h10H,2-9H2,1H3. The molecular weight excluding hydrogens is 164 g/mol. The van der Waals surface area contributed by atoms with Crippen molar-refractivity contribution in [1.29, 1.82) is 0 Å². The number of Topliss-reactive ketones (excluding diaryl/α,β-unsaturated/α-hetero) is 1. The zero-order valence-electron chi connectivity index (χ0n) is 8.55. The lowest BCUT2D eigenvalue weighted by molar-refractivity contribution is -0.117. The minimum absolute atomic E-state index is 0.293. The largest absolute Gasteiger partial charge is 0.303 e. The number of ketones is 1. The molecule has 2 nitrogen and oxygen atoms in total. The molecule has 0 saturated carbocycles. The molecule has 0 fully saturated rings. The predicted octanol–water partition coefficient (Wildman–Crippen LogP) is 2.90. The van der Waals surface area contributed by atoms with Crippen molar-refractivity contribution in [1.82, 2.24) is 0 Å². The highest BCUT2D eigenvalue weighted by Gasteiger charge is 1.94. The van der Waals surface area contributed by atoms with Crippen molar-refractivity contribution in [2.24, 2.45) is 0 Å². The van der Waals surface area contributed by atoms with Crippen molar-refractivity contribution in [3.8, 4) is 0 Å². The van der Waals surface area contributed by atoms with E-state index < -0.39 is 0 Å². The van der Waals surface area contributed by atoms with Crippen LogP contribution in [0.4, 0.5) is 0 Å². The molecule has 0 aromatic carbocycles. The molecule has 0 saturated heterocycles. The van der Waals surface area contributed by atoms with E-state index in [2.05, 4.69) is 0 Å². The summed E-state index contributed by atoms with van der Waals surface area (Å²) in [6.07, 6.45) is 9.17. The number of aldehydes is 1. The minimum Gasteiger partial charge on any atom is -0.303 e. The van der Waals surface area contributed by atoms with Crippen LogP contribution in [0.2, 0.25) is 0 Å². The second-order valence-electron chi connectivity index (χ2n) is 3.53. The predicted molar refractivity (Wildman–Crippen MR) is 53.7 cm³/mol. The van der Waals surface area contributed by atoms with Crippen LogP contribution in [0.15, 0.2) is 0 Å². The maximum absolute atomic E-state index is 10.6. The number of unbranched alkanes of at least 4 members (excludes halogenated alkanes) is 6. The quantitative estimate of drug-likeness (QED) is 0.408. The van der Waals surface area contributed by atoms with Gasteiger partial charge in [0, 0.05) is 12.8 Å². The normalized spacial score (nSPS) is 9.92. The van der Waals surface area contributed by atoms with E-state index in [9.17, 15) is 9.59 Å². The van der Waals surface area contributed by atoms with Crippen LogP contribution in [-0.2, 0) is 9.59 Å². The van der Waals surface area contributed by atoms with Gasteiger partial charge < -0.3 is 9.59 Å². The van der Waals surface area contributed by atoms with E-state index in [0.29, 0.717) is 12.2 Å². The average Bonchev–Trinajstić information content (AvgIpc) is 2.09. The molecule has 0 radical (unpaired) electrons. The third kappa shape index (κ3) is 11.3. The molecule has 13 heavy (non-hydrogen) atoms. The molecule has 2 heteroatoms. The highest BCUT2D eigenvalue weighted by atomic mass is 16.1. The van der Waals surface area contributed by atoms with Gasteiger partial charge in [-0.3, -0.25) is 0 Å². The van der Waals surface area contributed by atoms with Gasteiger partial charge in [-0.15, -0.1) is 0 Å². The van der Waals surface area contributed by atoms with Crippen molar-refractivity contribution < 1.29 is 9.59 Å². The van der Waals surface area contributed by atoms with Gasteiger partial charge >= 0.3 is 0 Å². The van der Waals surface area contributed by atoms with E-state index in [1.54, 1.807) is 6.92 Å². The molecule has 0 spiro atoms. The second-order valence-corrected chi connectivity index (χ2v) is 3.53. The van der Waals surface area contributed by atoms with Crippen LogP contribution < -0.4 is 0 Å². The van der Waals surface area contributed by atoms with Gasteiger partial charge in [0.2, 0.25) is 0 Å². The van der Waals surface area contributed by atoms with Gasteiger partial charge in [0.15, 0.2) is 0 Å². The molecule has 0 aromatic rings. The smallest absolute Gasteiger partial charge is 0.129 e. The van der Waals surface area contributed by atoms with E-state index >= 15 is 0 Å². The highest BCUT2D eigenvalue weighted by Crippen LogP contribution is 2.07. The van der Waals surface area contributed by atoms with Crippen molar-refractivity contribution in [2.45, 2.75) is 58.3 Å². The maximum atomic E-state index is 10.6. The highest BCUT2D eigenvalue weighted by molar-refractivity contribution is 5.75. The van der Waals surface area contributed by atoms with Gasteiger partial charge in [0.25, 0.3) is 0 Å². The van der Waals surface area contributed by atoms with E-state index in [0.717, 1.165) is 38.4 Å². The fourth-order valence-electron chi connectivity index (χ4n) is 1.31. The molecular formula is C11H20O2. The first-order valence-electron chi connectivity index (χ1n) is 5.20. The van der Waals surface area contributed by atoms with Crippen LogP contribution in [0.5, 0.6) is 0 Å². The Balaban J connectivity index is 2.91. The average molecular weight is 184 g/mol. The van der Waals surface area contributed by atoms with E-state index in [1.807, 2.05) is 0 Å².